The number of aryl methyl sites for hydroxylation is 1. The van der Waals surface area contributed by atoms with Crippen molar-refractivity contribution < 1.29 is 0 Å². The molecule has 9 heteroatoms. The number of rotatable bonds is 5. The smallest absolute Gasteiger partial charge is 0.228 e. The fourth-order valence-electron chi connectivity index (χ4n) is 3.04. The number of hydrogen-bond donors (Lipinski definition) is 1. The van der Waals surface area contributed by atoms with Crippen molar-refractivity contribution in [2.24, 2.45) is 7.05 Å². The summed E-state index contributed by atoms with van der Waals surface area (Å²) in [6.07, 6.45) is 9.43. The molecule has 5 aromatic rings. The third-order valence-corrected chi connectivity index (χ3v) is 4.48. The lowest BCUT2D eigenvalue weighted by molar-refractivity contribution is 0.738. The summed E-state index contributed by atoms with van der Waals surface area (Å²) in [5, 5.41) is 15.9. The van der Waals surface area contributed by atoms with Crippen LogP contribution in [0.5, 0.6) is 0 Å². The van der Waals surface area contributed by atoms with Gasteiger partial charge < -0.3 is 9.88 Å². The van der Waals surface area contributed by atoms with Gasteiger partial charge in [0.05, 0.1) is 18.4 Å². The molecular weight excluding hydrogens is 354 g/mol. The largest absolute Gasteiger partial charge is 0.347 e. The topological polar surface area (TPSA) is 90.8 Å². The highest BCUT2D eigenvalue weighted by Gasteiger charge is 2.09. The van der Waals surface area contributed by atoms with Crippen LogP contribution >= 0.6 is 0 Å². The normalized spacial score (nSPS) is 11.2. The van der Waals surface area contributed by atoms with Gasteiger partial charge in [0.15, 0.2) is 11.5 Å². The molecule has 0 atom stereocenters. The van der Waals surface area contributed by atoms with Crippen molar-refractivity contribution in [3.63, 3.8) is 0 Å². The number of hydrogen-bond acceptors (Lipinski definition) is 6. The minimum absolute atomic E-state index is 0.510. The van der Waals surface area contributed by atoms with E-state index in [4.69, 9.17) is 0 Å². The lowest BCUT2D eigenvalue weighted by Gasteiger charge is -2.07. The second-order valence-electron chi connectivity index (χ2n) is 6.35. The highest BCUT2D eigenvalue weighted by molar-refractivity contribution is 5.65. The van der Waals surface area contributed by atoms with Crippen LogP contribution in [0.1, 0.15) is 5.82 Å². The molecule has 138 valence electrons. The van der Waals surface area contributed by atoms with E-state index >= 15 is 0 Å². The molecule has 0 unspecified atom stereocenters. The van der Waals surface area contributed by atoms with Crippen molar-refractivity contribution in [1.29, 1.82) is 0 Å². The van der Waals surface area contributed by atoms with Crippen molar-refractivity contribution in [3.8, 4) is 11.3 Å². The fourth-order valence-corrected chi connectivity index (χ4v) is 3.04. The zero-order chi connectivity index (χ0) is 18.9. The summed E-state index contributed by atoms with van der Waals surface area (Å²) >= 11 is 0. The lowest BCUT2D eigenvalue weighted by Crippen LogP contribution is -2.03. The van der Waals surface area contributed by atoms with E-state index in [1.54, 1.807) is 17.1 Å². The van der Waals surface area contributed by atoms with E-state index in [0.29, 0.717) is 12.5 Å². The molecule has 0 saturated heterocycles. The van der Waals surface area contributed by atoms with Crippen LogP contribution in [-0.4, -0.2) is 38.9 Å². The number of fused-ring (bicyclic) bond motifs is 1. The molecule has 28 heavy (non-hydrogen) atoms. The fraction of sp³-hybridized carbons (Fsp3) is 0.105. The second-order valence-corrected chi connectivity index (χ2v) is 6.35. The zero-order valence-corrected chi connectivity index (χ0v) is 15.1. The minimum atomic E-state index is 0.510. The van der Waals surface area contributed by atoms with Gasteiger partial charge in [-0.1, -0.05) is 0 Å². The Morgan fingerprint density at radius 3 is 2.71 bits per heavy atom. The molecule has 0 radical (unpaired) electrons. The van der Waals surface area contributed by atoms with Gasteiger partial charge in [-0.2, -0.15) is 5.10 Å². The van der Waals surface area contributed by atoms with E-state index in [1.807, 2.05) is 66.4 Å². The summed E-state index contributed by atoms with van der Waals surface area (Å²) in [5.74, 6) is 2.20. The van der Waals surface area contributed by atoms with Crippen molar-refractivity contribution in [2.45, 2.75) is 6.54 Å². The minimum Gasteiger partial charge on any atom is -0.347 e. The van der Waals surface area contributed by atoms with Crippen LogP contribution in [0.15, 0.2) is 67.4 Å². The lowest BCUT2D eigenvalue weighted by atomic mass is 10.2. The van der Waals surface area contributed by atoms with E-state index < -0.39 is 0 Å². The van der Waals surface area contributed by atoms with Gasteiger partial charge >= 0.3 is 0 Å². The Morgan fingerprint density at radius 1 is 1.00 bits per heavy atom. The van der Waals surface area contributed by atoms with E-state index in [2.05, 4.69) is 35.1 Å². The van der Waals surface area contributed by atoms with Crippen LogP contribution < -0.4 is 5.32 Å². The van der Waals surface area contributed by atoms with Gasteiger partial charge in [0.25, 0.3) is 0 Å². The highest BCUT2D eigenvalue weighted by atomic mass is 15.3. The molecule has 0 aromatic carbocycles. The molecule has 0 spiro atoms. The molecule has 0 aliphatic carbocycles. The first-order chi connectivity index (χ1) is 13.8. The molecule has 0 saturated carbocycles. The van der Waals surface area contributed by atoms with Crippen molar-refractivity contribution in [2.75, 3.05) is 5.32 Å². The summed E-state index contributed by atoms with van der Waals surface area (Å²) in [4.78, 5) is 8.90. The Kier molecular flexibility index (Phi) is 3.82. The molecule has 5 heterocycles. The van der Waals surface area contributed by atoms with E-state index in [0.717, 1.165) is 28.5 Å². The van der Waals surface area contributed by atoms with E-state index in [-0.39, 0.29) is 0 Å². The number of aromatic nitrogens is 8. The molecule has 0 fully saturated rings. The van der Waals surface area contributed by atoms with Crippen LogP contribution in [0.2, 0.25) is 0 Å². The molecule has 0 bridgehead atoms. The zero-order valence-electron chi connectivity index (χ0n) is 15.1. The van der Waals surface area contributed by atoms with Crippen molar-refractivity contribution in [1.82, 2.24) is 38.9 Å². The van der Waals surface area contributed by atoms with Gasteiger partial charge in [-0.05, 0) is 30.3 Å². The molecule has 0 aliphatic heterocycles. The van der Waals surface area contributed by atoms with Gasteiger partial charge in [0.2, 0.25) is 5.95 Å². The Hall–Kier alpha value is -4.01. The maximum absolute atomic E-state index is 4.61. The summed E-state index contributed by atoms with van der Waals surface area (Å²) in [6, 6.07) is 11.7. The van der Waals surface area contributed by atoms with E-state index in [9.17, 15) is 0 Å². The van der Waals surface area contributed by atoms with Gasteiger partial charge in [0, 0.05) is 43.5 Å². The van der Waals surface area contributed by atoms with Crippen LogP contribution in [0.25, 0.3) is 16.9 Å². The Labute approximate surface area is 160 Å². The van der Waals surface area contributed by atoms with Gasteiger partial charge in [0.1, 0.15) is 5.82 Å². The molecule has 1 N–H and O–H groups in total. The average molecular weight is 371 g/mol. The number of anilines is 2. The monoisotopic (exact) mass is 371 g/mol. The molecule has 9 nitrogen and oxygen atoms in total. The number of nitrogens with one attached hydrogen (secondary N) is 1. The first-order valence-corrected chi connectivity index (χ1v) is 8.79. The molecular formula is C19H17N9. The molecule has 5 aromatic heterocycles. The van der Waals surface area contributed by atoms with Crippen LogP contribution in [0, 0.1) is 0 Å². The summed E-state index contributed by atoms with van der Waals surface area (Å²) in [5.41, 5.74) is 2.53. The Morgan fingerprint density at radius 2 is 1.89 bits per heavy atom. The predicted octanol–water partition coefficient (Wildman–Crippen LogP) is 2.51. The van der Waals surface area contributed by atoms with Crippen LogP contribution in [-0.2, 0) is 13.6 Å². The highest BCUT2D eigenvalue weighted by Crippen LogP contribution is 2.21. The average Bonchev–Trinajstić information content (AvgIpc) is 3.45. The Balaban J connectivity index is 1.45. The maximum Gasteiger partial charge on any atom is 0.228 e. The van der Waals surface area contributed by atoms with Crippen LogP contribution in [0.4, 0.5) is 11.8 Å². The summed E-state index contributed by atoms with van der Waals surface area (Å²) in [7, 11) is 1.86. The third kappa shape index (κ3) is 2.98. The Bertz CT molecular complexity index is 1230. The third-order valence-electron chi connectivity index (χ3n) is 4.48. The number of nitrogens with zero attached hydrogens (tertiary/aromatic N) is 8. The van der Waals surface area contributed by atoms with E-state index in [1.165, 1.54) is 0 Å². The van der Waals surface area contributed by atoms with Gasteiger partial charge in [-0.25, -0.2) is 9.97 Å². The molecule has 0 amide bonds. The first-order valence-electron chi connectivity index (χ1n) is 8.79. The van der Waals surface area contributed by atoms with Crippen molar-refractivity contribution in [3.05, 3.63) is 73.2 Å². The first kappa shape index (κ1) is 16.2. The number of pyridine rings is 1. The van der Waals surface area contributed by atoms with Crippen molar-refractivity contribution >= 4 is 17.4 Å². The standard InChI is InChI=1S/C19H17N9/c1-26-16(5-8-21-26)23-19-20-7-4-15(22-19)14-6-11-28-17(12-14)24-25-18(28)13-27-9-2-3-10-27/h2-12H,13H2,1H3,(H,20,22,23). The summed E-state index contributed by atoms with van der Waals surface area (Å²) < 4.78 is 5.77. The molecule has 5 rings (SSSR count). The quantitative estimate of drug-likeness (QED) is 0.510. The molecule has 0 aliphatic rings. The SMILES string of the molecule is Cn1nccc1Nc1nccc(-c2ccn3c(Cn4cccc4)nnc3c2)n1. The van der Waals surface area contributed by atoms with Gasteiger partial charge in [-0.3, -0.25) is 9.08 Å². The maximum atomic E-state index is 4.61. The van der Waals surface area contributed by atoms with Crippen LogP contribution in [0.3, 0.4) is 0 Å². The second kappa shape index (κ2) is 6.62. The predicted molar refractivity (Wildman–Crippen MR) is 104 cm³/mol. The van der Waals surface area contributed by atoms with Gasteiger partial charge in [-0.15, -0.1) is 10.2 Å². The summed E-state index contributed by atoms with van der Waals surface area (Å²) in [6.45, 7) is 0.666.